The number of fused-ring (bicyclic) bond motifs is 1. The molecule has 1 amide bonds. The number of H-pyrrole nitrogens is 1. The summed E-state index contributed by atoms with van der Waals surface area (Å²) in [5, 5.41) is 8.56. The molecule has 4 rings (SSSR count). The molecule has 0 bridgehead atoms. The second-order valence-corrected chi connectivity index (χ2v) is 6.51. The van der Waals surface area contributed by atoms with Crippen molar-refractivity contribution in [2.24, 2.45) is 0 Å². The first kappa shape index (κ1) is 20.3. The molecule has 0 aliphatic carbocycles. The van der Waals surface area contributed by atoms with Gasteiger partial charge >= 0.3 is 0 Å². The standard InChI is InChI=1S/C23H19N3O2.ClH/c27-23(26-28)12-9-16-5-4-6-17(13-16)14-22-24-20-11-10-19(15-21(20)25-22)18-7-2-1-3-8-18;/h1-13,15,28H,14H2,(H,24,25)(H,26,27);1H/b12-9+;. The summed E-state index contributed by atoms with van der Waals surface area (Å²) in [4.78, 5) is 19.2. The van der Waals surface area contributed by atoms with Crippen molar-refractivity contribution in [3.05, 3.63) is 95.8 Å². The van der Waals surface area contributed by atoms with Gasteiger partial charge in [-0.1, -0.05) is 60.7 Å². The van der Waals surface area contributed by atoms with E-state index in [1.165, 1.54) is 11.6 Å². The molecule has 4 aromatic rings. The number of hydroxylamine groups is 1. The average molecular weight is 406 g/mol. The van der Waals surface area contributed by atoms with Crippen LogP contribution in [0.25, 0.3) is 28.2 Å². The molecule has 0 fully saturated rings. The van der Waals surface area contributed by atoms with E-state index in [1.807, 2.05) is 48.5 Å². The second kappa shape index (κ2) is 9.19. The monoisotopic (exact) mass is 405 g/mol. The van der Waals surface area contributed by atoms with Gasteiger partial charge in [-0.2, -0.15) is 0 Å². The summed E-state index contributed by atoms with van der Waals surface area (Å²) in [6.07, 6.45) is 3.59. The molecule has 0 unspecified atom stereocenters. The highest BCUT2D eigenvalue weighted by atomic mass is 35.5. The van der Waals surface area contributed by atoms with E-state index in [4.69, 9.17) is 5.21 Å². The maximum Gasteiger partial charge on any atom is 0.267 e. The summed E-state index contributed by atoms with van der Waals surface area (Å²) in [7, 11) is 0. The largest absolute Gasteiger partial charge is 0.342 e. The van der Waals surface area contributed by atoms with Crippen LogP contribution in [0.3, 0.4) is 0 Å². The number of hydrogen-bond acceptors (Lipinski definition) is 3. The number of aromatic amines is 1. The number of halogens is 1. The van der Waals surface area contributed by atoms with E-state index in [0.29, 0.717) is 6.42 Å². The molecule has 0 aliphatic heterocycles. The quantitative estimate of drug-likeness (QED) is 0.254. The van der Waals surface area contributed by atoms with E-state index in [1.54, 1.807) is 11.6 Å². The number of nitrogens with zero attached hydrogens (tertiary/aromatic N) is 1. The van der Waals surface area contributed by atoms with Gasteiger partial charge in [0.2, 0.25) is 0 Å². The lowest BCUT2D eigenvalue weighted by Gasteiger charge is -2.01. The minimum absolute atomic E-state index is 0. The van der Waals surface area contributed by atoms with E-state index < -0.39 is 5.91 Å². The third-order valence-corrected chi connectivity index (χ3v) is 4.50. The van der Waals surface area contributed by atoms with Crippen molar-refractivity contribution in [2.75, 3.05) is 0 Å². The van der Waals surface area contributed by atoms with Gasteiger partial charge in [0.15, 0.2) is 0 Å². The Morgan fingerprint density at radius 2 is 1.83 bits per heavy atom. The molecule has 0 aliphatic rings. The summed E-state index contributed by atoms with van der Waals surface area (Å²) in [5.41, 5.74) is 7.80. The molecule has 1 aromatic heterocycles. The van der Waals surface area contributed by atoms with Crippen molar-refractivity contribution in [3.8, 4) is 11.1 Å². The smallest absolute Gasteiger partial charge is 0.267 e. The first-order valence-electron chi connectivity index (χ1n) is 8.96. The summed E-state index contributed by atoms with van der Waals surface area (Å²) in [6.45, 7) is 0. The Kier molecular flexibility index (Phi) is 6.44. The van der Waals surface area contributed by atoms with Crippen LogP contribution in [0.5, 0.6) is 0 Å². The Morgan fingerprint density at radius 3 is 2.62 bits per heavy atom. The molecular weight excluding hydrogens is 386 g/mol. The molecule has 3 N–H and O–H groups in total. The van der Waals surface area contributed by atoms with Crippen LogP contribution in [-0.2, 0) is 11.2 Å². The number of hydrogen-bond donors (Lipinski definition) is 3. The summed E-state index contributed by atoms with van der Waals surface area (Å²) in [5.74, 6) is 0.325. The fourth-order valence-electron chi connectivity index (χ4n) is 3.17. The van der Waals surface area contributed by atoms with E-state index in [-0.39, 0.29) is 12.4 Å². The number of benzene rings is 3. The van der Waals surface area contributed by atoms with Crippen LogP contribution in [-0.4, -0.2) is 21.1 Å². The highest BCUT2D eigenvalue weighted by Gasteiger charge is 2.06. The van der Waals surface area contributed by atoms with Crippen molar-refractivity contribution >= 4 is 35.4 Å². The maximum atomic E-state index is 11.1. The molecule has 0 saturated carbocycles. The van der Waals surface area contributed by atoms with Gasteiger partial charge in [0.05, 0.1) is 11.0 Å². The summed E-state index contributed by atoms with van der Waals surface area (Å²) < 4.78 is 0. The van der Waals surface area contributed by atoms with Crippen LogP contribution in [0, 0.1) is 0 Å². The molecule has 0 radical (unpaired) electrons. The minimum Gasteiger partial charge on any atom is -0.342 e. The minimum atomic E-state index is -0.558. The van der Waals surface area contributed by atoms with Crippen molar-refractivity contribution in [3.63, 3.8) is 0 Å². The average Bonchev–Trinajstić information content (AvgIpc) is 3.14. The Balaban J connectivity index is 0.00000240. The Hall–Kier alpha value is -3.41. The zero-order valence-corrected chi connectivity index (χ0v) is 16.3. The predicted molar refractivity (Wildman–Crippen MR) is 117 cm³/mol. The first-order chi connectivity index (χ1) is 13.7. The molecule has 3 aromatic carbocycles. The van der Waals surface area contributed by atoms with E-state index in [0.717, 1.165) is 33.5 Å². The fourth-order valence-corrected chi connectivity index (χ4v) is 3.17. The molecule has 146 valence electrons. The van der Waals surface area contributed by atoms with Gasteiger partial charge in [-0.3, -0.25) is 10.0 Å². The second-order valence-electron chi connectivity index (χ2n) is 6.51. The molecule has 0 saturated heterocycles. The number of rotatable bonds is 5. The molecule has 29 heavy (non-hydrogen) atoms. The number of aromatic nitrogens is 2. The molecular formula is C23H20ClN3O2. The van der Waals surface area contributed by atoms with Crippen molar-refractivity contribution in [1.82, 2.24) is 15.4 Å². The molecule has 0 atom stereocenters. The Labute approximate surface area is 174 Å². The van der Waals surface area contributed by atoms with Crippen molar-refractivity contribution < 1.29 is 10.0 Å². The van der Waals surface area contributed by atoms with Gasteiger partial charge in [-0.05, 0) is 40.5 Å². The predicted octanol–water partition coefficient (Wildman–Crippen LogP) is 4.76. The van der Waals surface area contributed by atoms with Crippen molar-refractivity contribution in [2.45, 2.75) is 6.42 Å². The van der Waals surface area contributed by atoms with Crippen LogP contribution < -0.4 is 5.48 Å². The van der Waals surface area contributed by atoms with Crippen LogP contribution >= 0.6 is 12.4 Å². The first-order valence-corrected chi connectivity index (χ1v) is 8.96. The van der Waals surface area contributed by atoms with Gasteiger partial charge in [-0.15, -0.1) is 12.4 Å². The van der Waals surface area contributed by atoms with Gasteiger partial charge in [0, 0.05) is 12.5 Å². The lowest BCUT2D eigenvalue weighted by atomic mass is 10.1. The number of imidazole rings is 1. The third kappa shape index (κ3) is 4.90. The topological polar surface area (TPSA) is 78.0 Å². The third-order valence-electron chi connectivity index (χ3n) is 4.50. The fraction of sp³-hybridized carbons (Fsp3) is 0.0435. The van der Waals surface area contributed by atoms with Gasteiger partial charge in [0.1, 0.15) is 5.82 Å². The van der Waals surface area contributed by atoms with Crippen LogP contribution in [0.15, 0.2) is 78.9 Å². The molecule has 6 heteroatoms. The maximum absolute atomic E-state index is 11.1. The van der Waals surface area contributed by atoms with Crippen LogP contribution in [0.4, 0.5) is 0 Å². The SMILES string of the molecule is Cl.O=C(/C=C/c1cccc(Cc2nc3ccc(-c4ccccc4)cc3[nH]2)c1)NO. The zero-order valence-electron chi connectivity index (χ0n) is 15.5. The summed E-state index contributed by atoms with van der Waals surface area (Å²) >= 11 is 0. The van der Waals surface area contributed by atoms with Crippen LogP contribution in [0.1, 0.15) is 17.0 Å². The van der Waals surface area contributed by atoms with Gasteiger partial charge < -0.3 is 4.98 Å². The Morgan fingerprint density at radius 1 is 1.00 bits per heavy atom. The highest BCUT2D eigenvalue weighted by Crippen LogP contribution is 2.23. The van der Waals surface area contributed by atoms with E-state index >= 15 is 0 Å². The van der Waals surface area contributed by atoms with E-state index in [9.17, 15) is 4.79 Å². The number of carbonyl (C=O) groups excluding carboxylic acids is 1. The molecule has 5 nitrogen and oxygen atoms in total. The molecule has 0 spiro atoms. The lowest BCUT2D eigenvalue weighted by Crippen LogP contribution is -2.14. The lowest BCUT2D eigenvalue weighted by molar-refractivity contribution is -0.124. The van der Waals surface area contributed by atoms with E-state index in [2.05, 4.69) is 34.2 Å². The zero-order chi connectivity index (χ0) is 19.3. The van der Waals surface area contributed by atoms with Gasteiger partial charge in [0.25, 0.3) is 5.91 Å². The number of carbonyl (C=O) groups is 1. The molecule has 1 heterocycles. The number of nitrogens with one attached hydrogen (secondary N) is 2. The number of amides is 1. The van der Waals surface area contributed by atoms with Crippen LogP contribution in [0.2, 0.25) is 0 Å². The normalized spacial score (nSPS) is 10.8. The van der Waals surface area contributed by atoms with Gasteiger partial charge in [-0.25, -0.2) is 10.5 Å². The van der Waals surface area contributed by atoms with Crippen molar-refractivity contribution in [1.29, 1.82) is 0 Å². The summed E-state index contributed by atoms with van der Waals surface area (Å²) in [6, 6.07) is 24.3. The Bertz CT molecular complexity index is 1150. The highest BCUT2D eigenvalue weighted by molar-refractivity contribution is 5.90.